The highest BCUT2D eigenvalue weighted by atomic mass is 16.5. The Balaban J connectivity index is 1.47. The van der Waals surface area contributed by atoms with Gasteiger partial charge in [-0.25, -0.2) is 9.59 Å². The predicted octanol–water partition coefficient (Wildman–Crippen LogP) is 1.88. The van der Waals surface area contributed by atoms with Crippen molar-refractivity contribution in [1.29, 1.82) is 0 Å². The molecular weight excluding hydrogens is 376 g/mol. The van der Waals surface area contributed by atoms with E-state index in [4.69, 9.17) is 9.47 Å². The summed E-state index contributed by atoms with van der Waals surface area (Å²) in [5.74, 6) is -0.443. The molecule has 1 saturated heterocycles. The van der Waals surface area contributed by atoms with E-state index in [1.807, 2.05) is 30.3 Å². The van der Waals surface area contributed by atoms with Crippen LogP contribution in [0.5, 0.6) is 0 Å². The Morgan fingerprint density at radius 2 is 1.93 bits per heavy atom. The quantitative estimate of drug-likeness (QED) is 0.524. The molecule has 4 rings (SSSR count). The van der Waals surface area contributed by atoms with Gasteiger partial charge in [0.25, 0.3) is 5.91 Å². The number of aromatic nitrogens is 2. The average molecular weight is 396 g/mol. The summed E-state index contributed by atoms with van der Waals surface area (Å²) < 4.78 is 10.6. The van der Waals surface area contributed by atoms with E-state index < -0.39 is 17.5 Å². The van der Waals surface area contributed by atoms with Gasteiger partial charge in [0.05, 0.1) is 23.3 Å². The van der Waals surface area contributed by atoms with Gasteiger partial charge in [-0.1, -0.05) is 36.4 Å². The monoisotopic (exact) mass is 396 g/mol. The van der Waals surface area contributed by atoms with Crippen LogP contribution >= 0.6 is 0 Å². The maximum absolute atomic E-state index is 13.0. The minimum Gasteiger partial charge on any atom is -0.445 e. The van der Waals surface area contributed by atoms with E-state index in [0.717, 1.165) is 5.56 Å². The molecule has 2 heterocycles. The maximum atomic E-state index is 13.0. The van der Waals surface area contributed by atoms with Crippen LogP contribution < -0.4 is 16.3 Å². The lowest BCUT2D eigenvalue weighted by molar-refractivity contribution is -0.122. The van der Waals surface area contributed by atoms with Gasteiger partial charge < -0.3 is 30.1 Å². The van der Waals surface area contributed by atoms with Crippen molar-refractivity contribution in [3.8, 4) is 0 Å². The third-order valence-corrected chi connectivity index (χ3v) is 4.81. The largest absolute Gasteiger partial charge is 0.445 e. The number of hydrogen-bond acceptors (Lipinski definition) is 5. The molecule has 1 unspecified atom stereocenters. The highest BCUT2D eigenvalue weighted by molar-refractivity contribution is 6.04. The number of nitrogens with one attached hydrogen (secondary N) is 4. The number of benzene rings is 2. The van der Waals surface area contributed by atoms with Crippen LogP contribution in [0.15, 0.2) is 53.3 Å². The summed E-state index contributed by atoms with van der Waals surface area (Å²) >= 11 is 0. The van der Waals surface area contributed by atoms with Gasteiger partial charge in [0.1, 0.15) is 12.1 Å². The molecule has 1 aromatic heterocycles. The minimum absolute atomic E-state index is 0.0267. The Morgan fingerprint density at radius 3 is 2.69 bits per heavy atom. The normalized spacial score (nSPS) is 18.5. The van der Waals surface area contributed by atoms with Gasteiger partial charge in [0.15, 0.2) is 0 Å². The van der Waals surface area contributed by atoms with Gasteiger partial charge >= 0.3 is 11.8 Å². The topological polar surface area (TPSA) is 125 Å². The molecule has 9 heteroatoms. The fourth-order valence-electron chi connectivity index (χ4n) is 3.26. The number of para-hydroxylation sites is 1. The fourth-order valence-corrected chi connectivity index (χ4v) is 3.26. The second-order valence-corrected chi connectivity index (χ2v) is 6.83. The summed E-state index contributed by atoms with van der Waals surface area (Å²) in [6.07, 6.45) is -0.401. The van der Waals surface area contributed by atoms with Crippen LogP contribution in [-0.2, 0) is 20.9 Å². The Bertz CT molecular complexity index is 1080. The number of ether oxygens (including phenoxy) is 2. The van der Waals surface area contributed by atoms with E-state index in [9.17, 15) is 14.4 Å². The first-order chi connectivity index (χ1) is 14.1. The zero-order chi connectivity index (χ0) is 20.3. The van der Waals surface area contributed by atoms with Crippen molar-refractivity contribution >= 4 is 28.7 Å². The van der Waals surface area contributed by atoms with E-state index in [1.54, 1.807) is 18.2 Å². The van der Waals surface area contributed by atoms with Crippen LogP contribution in [0.25, 0.3) is 11.0 Å². The van der Waals surface area contributed by atoms with Crippen LogP contribution in [0.3, 0.4) is 0 Å². The lowest BCUT2D eigenvalue weighted by atomic mass is 9.97. The molecule has 3 aromatic rings. The number of hydrogen-bond donors (Lipinski definition) is 4. The molecule has 1 aliphatic rings. The standard InChI is InChI=1S/C20H20N4O5/c25-17(21-14-7-4-8-15-16(14)23-18(26)22-15)20(9-10-28-12-20)24-19(27)29-11-13-5-2-1-3-6-13/h1-8H,9-12H2,(H,21,25)(H,24,27)(H2,22,23,26). The van der Waals surface area contributed by atoms with Crippen molar-refractivity contribution in [1.82, 2.24) is 15.3 Å². The Kier molecular flexibility index (Phi) is 5.05. The number of rotatable bonds is 5. The van der Waals surface area contributed by atoms with Crippen LogP contribution in [0.1, 0.15) is 12.0 Å². The van der Waals surface area contributed by atoms with E-state index >= 15 is 0 Å². The lowest BCUT2D eigenvalue weighted by Crippen LogP contribution is -2.57. The van der Waals surface area contributed by atoms with Gasteiger partial charge in [-0.2, -0.15) is 0 Å². The lowest BCUT2D eigenvalue weighted by Gasteiger charge is -2.27. The smallest absolute Gasteiger partial charge is 0.408 e. The number of H-pyrrole nitrogens is 2. The SMILES string of the molecule is O=C(NC1(C(=O)Nc2cccc3[nH]c(=O)[nH]c23)CCOC1)OCc1ccccc1. The van der Waals surface area contributed by atoms with Crippen molar-refractivity contribution in [3.63, 3.8) is 0 Å². The molecule has 0 aliphatic carbocycles. The van der Waals surface area contributed by atoms with Gasteiger partial charge in [0.2, 0.25) is 0 Å². The first-order valence-corrected chi connectivity index (χ1v) is 9.15. The molecule has 9 nitrogen and oxygen atoms in total. The number of aromatic amines is 2. The molecule has 0 radical (unpaired) electrons. The van der Waals surface area contributed by atoms with Gasteiger partial charge in [0, 0.05) is 13.0 Å². The molecule has 150 valence electrons. The number of imidazole rings is 1. The first-order valence-electron chi connectivity index (χ1n) is 9.15. The van der Waals surface area contributed by atoms with Crippen LogP contribution in [0, 0.1) is 0 Å². The number of anilines is 1. The summed E-state index contributed by atoms with van der Waals surface area (Å²) in [6, 6.07) is 14.3. The number of amides is 2. The van der Waals surface area contributed by atoms with Gasteiger partial charge in [-0.3, -0.25) is 4.79 Å². The fraction of sp³-hybridized carbons (Fsp3) is 0.250. The Labute approximate surface area is 165 Å². The number of fused-ring (bicyclic) bond motifs is 1. The second-order valence-electron chi connectivity index (χ2n) is 6.83. The van der Waals surface area contributed by atoms with Crippen molar-refractivity contribution in [3.05, 3.63) is 64.6 Å². The van der Waals surface area contributed by atoms with E-state index in [1.165, 1.54) is 0 Å². The minimum atomic E-state index is -1.26. The van der Waals surface area contributed by atoms with Crippen LogP contribution in [-0.4, -0.2) is 40.7 Å². The number of carbonyl (C=O) groups is 2. The second kappa shape index (κ2) is 7.80. The van der Waals surface area contributed by atoms with Gasteiger partial charge in [-0.15, -0.1) is 0 Å². The van der Waals surface area contributed by atoms with Crippen LogP contribution in [0.2, 0.25) is 0 Å². The van der Waals surface area contributed by atoms with Crippen molar-refractivity contribution in [2.24, 2.45) is 0 Å². The van der Waals surface area contributed by atoms with E-state index in [-0.39, 0.29) is 18.9 Å². The first kappa shape index (κ1) is 18.8. The molecule has 2 amide bonds. The third kappa shape index (κ3) is 3.99. The van der Waals surface area contributed by atoms with E-state index in [2.05, 4.69) is 20.6 Å². The zero-order valence-corrected chi connectivity index (χ0v) is 15.5. The van der Waals surface area contributed by atoms with E-state index in [0.29, 0.717) is 29.7 Å². The molecule has 1 aliphatic heterocycles. The summed E-state index contributed by atoms with van der Waals surface area (Å²) in [4.78, 5) is 42.2. The maximum Gasteiger partial charge on any atom is 0.408 e. The Morgan fingerprint density at radius 1 is 1.10 bits per heavy atom. The molecule has 4 N–H and O–H groups in total. The van der Waals surface area contributed by atoms with Gasteiger partial charge in [-0.05, 0) is 17.7 Å². The summed E-state index contributed by atoms with van der Waals surface area (Å²) in [5, 5.41) is 5.44. The molecular formula is C20H20N4O5. The number of alkyl carbamates (subject to hydrolysis) is 1. The van der Waals surface area contributed by atoms with Crippen molar-refractivity contribution in [2.75, 3.05) is 18.5 Å². The molecule has 1 atom stereocenters. The highest BCUT2D eigenvalue weighted by Crippen LogP contribution is 2.24. The summed E-state index contributed by atoms with van der Waals surface area (Å²) in [6.45, 7) is 0.450. The Hall–Kier alpha value is -3.59. The van der Waals surface area contributed by atoms with Crippen LogP contribution in [0.4, 0.5) is 10.5 Å². The zero-order valence-electron chi connectivity index (χ0n) is 15.5. The number of carbonyl (C=O) groups excluding carboxylic acids is 2. The van der Waals surface area contributed by atoms with Crippen molar-refractivity contribution in [2.45, 2.75) is 18.6 Å². The third-order valence-electron chi connectivity index (χ3n) is 4.81. The van der Waals surface area contributed by atoms with Crippen molar-refractivity contribution < 1.29 is 19.1 Å². The molecule has 1 fully saturated rings. The highest BCUT2D eigenvalue weighted by Gasteiger charge is 2.44. The summed E-state index contributed by atoms with van der Waals surface area (Å²) in [5.41, 5.74) is 0.685. The molecule has 0 bridgehead atoms. The summed E-state index contributed by atoms with van der Waals surface area (Å²) in [7, 11) is 0. The average Bonchev–Trinajstić information content (AvgIpc) is 3.34. The molecule has 29 heavy (non-hydrogen) atoms. The molecule has 2 aromatic carbocycles. The predicted molar refractivity (Wildman–Crippen MR) is 105 cm³/mol. The molecule has 0 spiro atoms. The molecule has 0 saturated carbocycles.